The number of ether oxygens (including phenoxy) is 1. The minimum absolute atomic E-state index is 0.00189. The van der Waals surface area contributed by atoms with E-state index in [2.05, 4.69) is 11.5 Å². The first-order valence-electron chi connectivity index (χ1n) is 12.3. The Morgan fingerprint density at radius 2 is 1.89 bits per heavy atom. The summed E-state index contributed by atoms with van der Waals surface area (Å²) in [5, 5.41) is 10.7. The topological polar surface area (TPSA) is 69.0 Å². The van der Waals surface area contributed by atoms with Crippen LogP contribution in [0.3, 0.4) is 0 Å². The maximum Gasteiger partial charge on any atom is 0.226 e. The number of carbonyl (C=O) groups excluding carboxylic acids is 1. The van der Waals surface area contributed by atoms with Gasteiger partial charge < -0.3 is 10.1 Å². The molecule has 0 saturated carbocycles. The van der Waals surface area contributed by atoms with Gasteiger partial charge in [-0.05, 0) is 73.3 Å². The summed E-state index contributed by atoms with van der Waals surface area (Å²) >= 11 is 3.54. The lowest BCUT2D eigenvalue weighted by atomic mass is 10.0. The lowest BCUT2D eigenvalue weighted by molar-refractivity contribution is -0.120. The number of nitrogens with zero attached hydrogens (tertiary/aromatic N) is 3. The molecule has 0 radical (unpaired) electrons. The summed E-state index contributed by atoms with van der Waals surface area (Å²) in [4.78, 5) is 17.3. The lowest BCUT2D eigenvalue weighted by Gasteiger charge is -2.22. The largest absolute Gasteiger partial charge is 0.381 e. The molecule has 9 heteroatoms. The van der Waals surface area contributed by atoms with Gasteiger partial charge in [0.25, 0.3) is 0 Å². The Balaban J connectivity index is 1.31. The van der Waals surface area contributed by atoms with E-state index in [-0.39, 0.29) is 18.1 Å². The van der Waals surface area contributed by atoms with Crippen molar-refractivity contribution in [1.82, 2.24) is 20.1 Å². The van der Waals surface area contributed by atoms with E-state index in [0.29, 0.717) is 18.4 Å². The SMILES string of the molecule is O=C(Cc1csc(-c2cn(CC3CCSCC3)nc2-c2ccc(F)cc2)n1)NCC1CCOCC1. The molecule has 1 amide bonds. The molecule has 1 N–H and O–H groups in total. The summed E-state index contributed by atoms with van der Waals surface area (Å²) in [5.74, 6) is 3.25. The highest BCUT2D eigenvalue weighted by molar-refractivity contribution is 7.99. The van der Waals surface area contributed by atoms with Crippen molar-refractivity contribution in [1.29, 1.82) is 0 Å². The first kappa shape index (κ1) is 24.5. The lowest BCUT2D eigenvalue weighted by Crippen LogP contribution is -2.33. The smallest absolute Gasteiger partial charge is 0.226 e. The van der Waals surface area contributed by atoms with Crippen LogP contribution in [-0.2, 0) is 22.5 Å². The number of hydrogen-bond donors (Lipinski definition) is 1. The second kappa shape index (κ2) is 11.7. The summed E-state index contributed by atoms with van der Waals surface area (Å²) < 4.78 is 21.0. The molecule has 0 bridgehead atoms. The number of thioether (sulfide) groups is 1. The monoisotopic (exact) mass is 514 g/mol. The molecule has 3 aromatic rings. The Labute approximate surface area is 213 Å². The van der Waals surface area contributed by atoms with Gasteiger partial charge >= 0.3 is 0 Å². The molecule has 5 rings (SSSR count). The summed E-state index contributed by atoms with van der Waals surface area (Å²) in [7, 11) is 0. The Morgan fingerprint density at radius 1 is 1.11 bits per heavy atom. The van der Waals surface area contributed by atoms with Crippen LogP contribution in [-0.4, -0.2) is 51.9 Å². The number of nitrogens with one attached hydrogen (secondary N) is 1. The van der Waals surface area contributed by atoms with E-state index in [1.807, 2.05) is 21.8 Å². The summed E-state index contributed by atoms with van der Waals surface area (Å²) in [6.07, 6.45) is 6.73. The van der Waals surface area contributed by atoms with Crippen LogP contribution in [0.15, 0.2) is 35.8 Å². The van der Waals surface area contributed by atoms with E-state index < -0.39 is 0 Å². The Morgan fingerprint density at radius 3 is 2.66 bits per heavy atom. The maximum atomic E-state index is 13.6. The zero-order valence-corrected chi connectivity index (χ0v) is 21.4. The third-order valence-electron chi connectivity index (χ3n) is 6.72. The van der Waals surface area contributed by atoms with E-state index in [4.69, 9.17) is 14.8 Å². The quantitative estimate of drug-likeness (QED) is 0.456. The van der Waals surface area contributed by atoms with Crippen molar-refractivity contribution in [2.45, 2.75) is 38.6 Å². The van der Waals surface area contributed by atoms with Crippen LogP contribution in [0.4, 0.5) is 4.39 Å². The summed E-state index contributed by atoms with van der Waals surface area (Å²) in [6, 6.07) is 6.46. The van der Waals surface area contributed by atoms with Crippen molar-refractivity contribution in [3.8, 4) is 21.8 Å². The first-order valence-corrected chi connectivity index (χ1v) is 14.4. The van der Waals surface area contributed by atoms with Crippen LogP contribution < -0.4 is 5.32 Å². The number of aromatic nitrogens is 3. The van der Waals surface area contributed by atoms with Gasteiger partial charge in [0.15, 0.2) is 0 Å². The summed E-state index contributed by atoms with van der Waals surface area (Å²) in [6.45, 7) is 3.13. The zero-order chi connectivity index (χ0) is 24.0. The third-order valence-corrected chi connectivity index (χ3v) is 8.69. The van der Waals surface area contributed by atoms with Gasteiger partial charge in [0.1, 0.15) is 16.5 Å². The highest BCUT2D eigenvalue weighted by atomic mass is 32.2. The number of hydrogen-bond acceptors (Lipinski definition) is 6. The van der Waals surface area contributed by atoms with Crippen molar-refractivity contribution in [2.24, 2.45) is 11.8 Å². The molecular formula is C26H31FN4O2S2. The predicted octanol–water partition coefficient (Wildman–Crippen LogP) is 5.04. The minimum Gasteiger partial charge on any atom is -0.381 e. The van der Waals surface area contributed by atoms with Gasteiger partial charge in [-0.3, -0.25) is 9.48 Å². The van der Waals surface area contributed by atoms with Crippen molar-refractivity contribution in [3.05, 3.63) is 47.4 Å². The van der Waals surface area contributed by atoms with Crippen LogP contribution in [0.1, 0.15) is 31.4 Å². The van der Waals surface area contributed by atoms with Gasteiger partial charge in [-0.1, -0.05) is 0 Å². The predicted molar refractivity (Wildman–Crippen MR) is 139 cm³/mol. The number of carbonyl (C=O) groups is 1. The van der Waals surface area contributed by atoms with Crippen molar-refractivity contribution < 1.29 is 13.9 Å². The second-order valence-electron chi connectivity index (χ2n) is 9.36. The molecule has 2 fully saturated rings. The van der Waals surface area contributed by atoms with Crippen LogP contribution in [0, 0.1) is 17.7 Å². The minimum atomic E-state index is -0.266. The molecule has 6 nitrogen and oxygen atoms in total. The summed E-state index contributed by atoms with van der Waals surface area (Å²) in [5.41, 5.74) is 3.36. The van der Waals surface area contributed by atoms with Gasteiger partial charge in [0, 0.05) is 43.4 Å². The molecular weight excluding hydrogens is 483 g/mol. The first-order chi connectivity index (χ1) is 17.1. The molecule has 2 aliphatic heterocycles. The van der Waals surface area contributed by atoms with E-state index in [1.54, 1.807) is 12.1 Å². The van der Waals surface area contributed by atoms with Gasteiger partial charge in [0.2, 0.25) is 5.91 Å². The molecule has 2 aromatic heterocycles. The Hall–Kier alpha value is -2.23. The van der Waals surface area contributed by atoms with Crippen LogP contribution in [0.5, 0.6) is 0 Å². The van der Waals surface area contributed by atoms with E-state index in [9.17, 15) is 9.18 Å². The Bertz CT molecular complexity index is 1120. The fraction of sp³-hybridized carbons (Fsp3) is 0.500. The van der Waals surface area contributed by atoms with Gasteiger partial charge in [-0.2, -0.15) is 16.9 Å². The van der Waals surface area contributed by atoms with Gasteiger partial charge in [-0.15, -0.1) is 11.3 Å². The second-order valence-corrected chi connectivity index (χ2v) is 11.4. The van der Waals surface area contributed by atoms with Crippen LogP contribution >= 0.6 is 23.1 Å². The molecule has 4 heterocycles. The van der Waals surface area contributed by atoms with Crippen LogP contribution in [0.2, 0.25) is 0 Å². The molecule has 186 valence electrons. The van der Waals surface area contributed by atoms with E-state index in [0.717, 1.165) is 60.1 Å². The molecule has 35 heavy (non-hydrogen) atoms. The molecule has 2 aliphatic rings. The Kier molecular flexibility index (Phi) is 8.16. The number of amides is 1. The van der Waals surface area contributed by atoms with Crippen molar-refractivity contribution >= 4 is 29.0 Å². The van der Waals surface area contributed by atoms with Gasteiger partial charge in [-0.25, -0.2) is 9.37 Å². The average molecular weight is 515 g/mol. The zero-order valence-electron chi connectivity index (χ0n) is 19.7. The number of rotatable bonds is 8. The van der Waals surface area contributed by atoms with E-state index >= 15 is 0 Å². The van der Waals surface area contributed by atoms with Gasteiger partial charge in [0.05, 0.1) is 17.7 Å². The van der Waals surface area contributed by atoms with E-state index in [1.165, 1.54) is 47.8 Å². The average Bonchev–Trinajstić information content (AvgIpc) is 3.51. The molecule has 1 aromatic carbocycles. The molecule has 0 atom stereocenters. The maximum absolute atomic E-state index is 13.6. The highest BCUT2D eigenvalue weighted by Crippen LogP contribution is 2.34. The van der Waals surface area contributed by atoms with Crippen LogP contribution in [0.25, 0.3) is 21.8 Å². The molecule has 0 unspecified atom stereocenters. The highest BCUT2D eigenvalue weighted by Gasteiger charge is 2.21. The van der Waals surface area contributed by atoms with Crippen molar-refractivity contribution in [3.63, 3.8) is 0 Å². The molecule has 0 spiro atoms. The molecule has 2 saturated heterocycles. The fourth-order valence-corrected chi connectivity index (χ4v) is 6.67. The van der Waals surface area contributed by atoms with Crippen molar-refractivity contribution in [2.75, 3.05) is 31.3 Å². The number of halogens is 1. The number of thiazole rings is 1. The molecule has 0 aliphatic carbocycles. The normalized spacial score (nSPS) is 17.5. The third kappa shape index (κ3) is 6.51. The number of benzene rings is 1. The standard InChI is InChI=1S/C26H31FN4O2S2/c27-21-3-1-20(2-4-21)25-23(16-31(30-25)15-19-7-11-34-12-8-19)26-29-22(17-35-26)13-24(32)28-14-18-5-9-33-10-6-18/h1-4,16-19H,5-15H2,(H,28,32). The fourth-order valence-electron chi connectivity index (χ4n) is 4.63.